The number of rotatable bonds is 6. The van der Waals surface area contributed by atoms with Crippen molar-refractivity contribution in [3.63, 3.8) is 0 Å². The van der Waals surface area contributed by atoms with Crippen molar-refractivity contribution in [3.05, 3.63) is 71.5 Å². The van der Waals surface area contributed by atoms with Gasteiger partial charge in [-0.1, -0.05) is 30.3 Å². The summed E-state index contributed by atoms with van der Waals surface area (Å²) >= 11 is 1.60. The zero-order chi connectivity index (χ0) is 15.9. The van der Waals surface area contributed by atoms with E-state index >= 15 is 0 Å². The van der Waals surface area contributed by atoms with Gasteiger partial charge in [0.15, 0.2) is 0 Å². The number of carbonyl (C=O) groups excluding carboxylic acids is 1. The summed E-state index contributed by atoms with van der Waals surface area (Å²) in [7, 11) is 0. The minimum absolute atomic E-state index is 0.0407. The fraction of sp³-hybridized carbons (Fsp3) is 0.167. The summed E-state index contributed by atoms with van der Waals surface area (Å²) in [5, 5.41) is 5.94. The van der Waals surface area contributed by atoms with Crippen LogP contribution in [0.5, 0.6) is 0 Å². The average Bonchev–Trinajstić information content (AvgIpc) is 3.05. The lowest BCUT2D eigenvalue weighted by Gasteiger charge is -2.04. The molecule has 3 rings (SSSR count). The Kier molecular flexibility index (Phi) is 5.11. The molecule has 4 nitrogen and oxygen atoms in total. The summed E-state index contributed by atoms with van der Waals surface area (Å²) in [6, 6.07) is 13.6. The van der Waals surface area contributed by atoms with Gasteiger partial charge in [0, 0.05) is 36.3 Å². The highest BCUT2D eigenvalue weighted by molar-refractivity contribution is 7.13. The summed E-state index contributed by atoms with van der Waals surface area (Å²) in [5.74, 6) is 0.0407. The zero-order valence-electron chi connectivity index (χ0n) is 12.6. The molecule has 3 aromatic rings. The van der Waals surface area contributed by atoms with Crippen molar-refractivity contribution >= 4 is 17.2 Å². The third-order valence-corrected chi connectivity index (χ3v) is 4.31. The van der Waals surface area contributed by atoms with E-state index in [-0.39, 0.29) is 5.91 Å². The summed E-state index contributed by atoms with van der Waals surface area (Å²) in [6.45, 7) is 0.599. The minimum atomic E-state index is 0.0407. The summed E-state index contributed by atoms with van der Waals surface area (Å²) in [6.07, 6.45) is 4.71. The van der Waals surface area contributed by atoms with Crippen molar-refractivity contribution < 1.29 is 4.79 Å². The lowest BCUT2D eigenvalue weighted by atomic mass is 10.1. The Hall–Kier alpha value is -2.53. The molecule has 5 heteroatoms. The average molecular weight is 323 g/mol. The molecule has 2 aromatic heterocycles. The number of pyridine rings is 1. The normalized spacial score (nSPS) is 10.4. The number of hydrogen-bond donors (Lipinski definition) is 1. The van der Waals surface area contributed by atoms with Crippen LogP contribution < -0.4 is 5.32 Å². The van der Waals surface area contributed by atoms with E-state index in [0.717, 1.165) is 28.2 Å². The smallest absolute Gasteiger partial charge is 0.224 e. The number of aromatic nitrogens is 2. The topological polar surface area (TPSA) is 54.9 Å². The van der Waals surface area contributed by atoms with Gasteiger partial charge in [0.05, 0.1) is 12.1 Å². The number of nitrogens with one attached hydrogen (secondary N) is 1. The van der Waals surface area contributed by atoms with Crippen LogP contribution in [0.1, 0.15) is 11.3 Å². The molecule has 0 aliphatic rings. The minimum Gasteiger partial charge on any atom is -0.355 e. The molecule has 1 N–H and O–H groups in total. The first-order valence-electron chi connectivity index (χ1n) is 7.47. The maximum Gasteiger partial charge on any atom is 0.224 e. The molecule has 0 unspecified atom stereocenters. The molecule has 0 bridgehead atoms. The van der Waals surface area contributed by atoms with Crippen LogP contribution in [-0.4, -0.2) is 22.4 Å². The predicted octanol–water partition coefficient (Wildman–Crippen LogP) is 3.11. The summed E-state index contributed by atoms with van der Waals surface area (Å²) < 4.78 is 0. The van der Waals surface area contributed by atoms with Crippen LogP contribution in [0.4, 0.5) is 0 Å². The van der Waals surface area contributed by atoms with Gasteiger partial charge in [-0.3, -0.25) is 9.78 Å². The van der Waals surface area contributed by atoms with Crippen LogP contribution in [-0.2, 0) is 17.6 Å². The van der Waals surface area contributed by atoms with E-state index in [1.54, 1.807) is 17.5 Å². The molecule has 1 amide bonds. The molecule has 2 heterocycles. The molecule has 0 saturated carbocycles. The molecule has 1 aromatic carbocycles. The number of nitrogens with zero attached hydrogens (tertiary/aromatic N) is 2. The molecule has 0 spiro atoms. The van der Waals surface area contributed by atoms with Crippen molar-refractivity contribution in [1.82, 2.24) is 15.3 Å². The largest absolute Gasteiger partial charge is 0.355 e. The van der Waals surface area contributed by atoms with Gasteiger partial charge in [-0.05, 0) is 17.7 Å². The number of amides is 1. The maximum absolute atomic E-state index is 11.9. The first-order valence-corrected chi connectivity index (χ1v) is 8.34. The summed E-state index contributed by atoms with van der Waals surface area (Å²) in [4.78, 5) is 20.6. The standard InChI is InChI=1S/C18H17N3OS/c22-17(11-14-5-2-1-3-6-14)20-10-8-16-13-23-18(21-16)15-7-4-9-19-12-15/h1-7,9,12-13H,8,10-11H2,(H,20,22). The van der Waals surface area contributed by atoms with Gasteiger partial charge >= 0.3 is 0 Å². The van der Waals surface area contributed by atoms with E-state index in [0.29, 0.717) is 13.0 Å². The van der Waals surface area contributed by atoms with E-state index in [9.17, 15) is 4.79 Å². The van der Waals surface area contributed by atoms with E-state index < -0.39 is 0 Å². The highest BCUT2D eigenvalue weighted by atomic mass is 32.1. The van der Waals surface area contributed by atoms with Gasteiger partial charge in [0.25, 0.3) is 0 Å². The van der Waals surface area contributed by atoms with Crippen LogP contribution in [0, 0.1) is 0 Å². The molecular formula is C18H17N3OS. The molecule has 0 atom stereocenters. The van der Waals surface area contributed by atoms with Crippen LogP contribution in [0.25, 0.3) is 10.6 Å². The van der Waals surface area contributed by atoms with Crippen molar-refractivity contribution in [1.29, 1.82) is 0 Å². The first-order chi connectivity index (χ1) is 11.3. The lowest BCUT2D eigenvalue weighted by Crippen LogP contribution is -2.27. The number of hydrogen-bond acceptors (Lipinski definition) is 4. The number of benzene rings is 1. The Balaban J connectivity index is 1.48. The Labute approximate surface area is 139 Å². The summed E-state index contributed by atoms with van der Waals surface area (Å²) in [5.41, 5.74) is 3.04. The molecule has 0 radical (unpaired) electrons. The van der Waals surface area contributed by atoms with Gasteiger partial charge in [-0.15, -0.1) is 11.3 Å². The van der Waals surface area contributed by atoms with Gasteiger partial charge in [-0.2, -0.15) is 0 Å². The Morgan fingerprint density at radius 1 is 1.13 bits per heavy atom. The Bertz CT molecular complexity index is 756. The van der Waals surface area contributed by atoms with Crippen molar-refractivity contribution in [3.8, 4) is 10.6 Å². The second-order valence-electron chi connectivity index (χ2n) is 5.15. The van der Waals surface area contributed by atoms with Gasteiger partial charge < -0.3 is 5.32 Å². The van der Waals surface area contributed by atoms with E-state index in [4.69, 9.17) is 0 Å². The number of thiazole rings is 1. The van der Waals surface area contributed by atoms with Crippen LogP contribution >= 0.6 is 11.3 Å². The maximum atomic E-state index is 11.9. The third-order valence-electron chi connectivity index (χ3n) is 3.37. The monoisotopic (exact) mass is 323 g/mol. The molecule has 0 aliphatic carbocycles. The highest BCUT2D eigenvalue weighted by Crippen LogP contribution is 2.22. The fourth-order valence-electron chi connectivity index (χ4n) is 2.22. The predicted molar refractivity (Wildman–Crippen MR) is 92.2 cm³/mol. The fourth-order valence-corrected chi connectivity index (χ4v) is 3.06. The molecule has 23 heavy (non-hydrogen) atoms. The SMILES string of the molecule is O=C(Cc1ccccc1)NCCc1csc(-c2cccnc2)n1. The van der Waals surface area contributed by atoms with E-state index in [2.05, 4.69) is 15.3 Å². The second-order valence-corrected chi connectivity index (χ2v) is 6.01. The highest BCUT2D eigenvalue weighted by Gasteiger charge is 2.06. The van der Waals surface area contributed by atoms with Gasteiger partial charge in [-0.25, -0.2) is 4.98 Å². The lowest BCUT2D eigenvalue weighted by molar-refractivity contribution is -0.120. The van der Waals surface area contributed by atoms with Crippen LogP contribution in [0.2, 0.25) is 0 Å². The first kappa shape index (κ1) is 15.4. The van der Waals surface area contributed by atoms with Gasteiger partial charge in [0.2, 0.25) is 5.91 Å². The quantitative estimate of drug-likeness (QED) is 0.758. The molecular weight excluding hydrogens is 306 g/mol. The van der Waals surface area contributed by atoms with E-state index in [1.807, 2.05) is 54.0 Å². The molecule has 0 aliphatic heterocycles. The Morgan fingerprint density at radius 2 is 2.00 bits per heavy atom. The van der Waals surface area contributed by atoms with Crippen molar-refractivity contribution in [2.24, 2.45) is 0 Å². The molecule has 0 fully saturated rings. The van der Waals surface area contributed by atoms with Crippen molar-refractivity contribution in [2.45, 2.75) is 12.8 Å². The second kappa shape index (κ2) is 7.65. The third kappa shape index (κ3) is 4.47. The Morgan fingerprint density at radius 3 is 2.78 bits per heavy atom. The molecule has 0 saturated heterocycles. The van der Waals surface area contributed by atoms with Crippen LogP contribution in [0.15, 0.2) is 60.2 Å². The zero-order valence-corrected chi connectivity index (χ0v) is 13.4. The van der Waals surface area contributed by atoms with Gasteiger partial charge in [0.1, 0.15) is 5.01 Å². The van der Waals surface area contributed by atoms with Crippen LogP contribution in [0.3, 0.4) is 0 Å². The molecule has 116 valence electrons. The van der Waals surface area contributed by atoms with E-state index in [1.165, 1.54) is 0 Å². The van der Waals surface area contributed by atoms with Crippen molar-refractivity contribution in [2.75, 3.05) is 6.54 Å². The number of carbonyl (C=O) groups is 1.